The smallest absolute Gasteiger partial charge is 0.326 e. The summed E-state index contributed by atoms with van der Waals surface area (Å²) in [6.45, 7) is 1.45. The van der Waals surface area contributed by atoms with E-state index in [9.17, 15) is 9.59 Å². The standard InChI is InChI=1S/C13H15N3O5/c1-8(13(18)19)16(2)11(17)4-3-10-14-12(15-21-10)9-5-6-20-7-9/h5-8H,3-4H2,1-2H3,(H,18,19). The number of aromatic nitrogens is 2. The Bertz CT molecular complexity index is 620. The number of carbonyl (C=O) groups excluding carboxylic acids is 1. The van der Waals surface area contributed by atoms with Crippen LogP contribution in [0.25, 0.3) is 11.4 Å². The summed E-state index contributed by atoms with van der Waals surface area (Å²) in [5.41, 5.74) is 0.688. The average molecular weight is 293 g/mol. The number of aryl methyl sites for hydroxylation is 1. The number of carboxylic acids is 1. The number of furan rings is 1. The molecule has 0 saturated heterocycles. The molecule has 0 aliphatic heterocycles. The lowest BCUT2D eigenvalue weighted by Gasteiger charge is -2.20. The second kappa shape index (κ2) is 6.21. The summed E-state index contributed by atoms with van der Waals surface area (Å²) in [6, 6.07) is 0.823. The molecule has 1 unspecified atom stereocenters. The molecule has 0 fully saturated rings. The maximum Gasteiger partial charge on any atom is 0.326 e. The van der Waals surface area contributed by atoms with Crippen LogP contribution in [-0.4, -0.2) is 45.1 Å². The first kappa shape index (κ1) is 14.8. The number of rotatable bonds is 6. The maximum atomic E-state index is 11.9. The first-order chi connectivity index (χ1) is 9.99. The van der Waals surface area contributed by atoms with Crippen molar-refractivity contribution in [2.24, 2.45) is 0 Å². The highest BCUT2D eigenvalue weighted by Gasteiger charge is 2.22. The van der Waals surface area contributed by atoms with Crippen molar-refractivity contribution < 1.29 is 23.6 Å². The summed E-state index contributed by atoms with van der Waals surface area (Å²) in [6.07, 6.45) is 3.33. The second-order valence-corrected chi connectivity index (χ2v) is 4.54. The molecule has 2 aromatic heterocycles. The van der Waals surface area contributed by atoms with E-state index in [0.717, 1.165) is 0 Å². The van der Waals surface area contributed by atoms with Gasteiger partial charge in [0.1, 0.15) is 12.3 Å². The van der Waals surface area contributed by atoms with Gasteiger partial charge in [-0.25, -0.2) is 4.79 Å². The topological polar surface area (TPSA) is 110 Å². The van der Waals surface area contributed by atoms with Crippen LogP contribution in [0.4, 0.5) is 0 Å². The molecule has 0 aromatic carbocycles. The van der Waals surface area contributed by atoms with E-state index in [4.69, 9.17) is 14.0 Å². The first-order valence-corrected chi connectivity index (χ1v) is 6.32. The number of carbonyl (C=O) groups is 2. The molecule has 1 amide bonds. The third-order valence-electron chi connectivity index (χ3n) is 3.13. The van der Waals surface area contributed by atoms with E-state index in [1.54, 1.807) is 6.07 Å². The van der Waals surface area contributed by atoms with E-state index in [0.29, 0.717) is 17.3 Å². The lowest BCUT2D eigenvalue weighted by atomic mass is 10.2. The highest BCUT2D eigenvalue weighted by molar-refractivity contribution is 5.83. The Labute approximate surface area is 120 Å². The minimum absolute atomic E-state index is 0.0984. The summed E-state index contributed by atoms with van der Waals surface area (Å²) >= 11 is 0. The number of carboxylic acid groups (broad SMARTS) is 1. The highest BCUT2D eigenvalue weighted by atomic mass is 16.5. The Morgan fingerprint density at radius 2 is 2.24 bits per heavy atom. The van der Waals surface area contributed by atoms with E-state index >= 15 is 0 Å². The molecule has 0 aliphatic rings. The Morgan fingerprint density at radius 1 is 1.48 bits per heavy atom. The van der Waals surface area contributed by atoms with Gasteiger partial charge in [0.25, 0.3) is 0 Å². The van der Waals surface area contributed by atoms with Crippen molar-refractivity contribution in [3.8, 4) is 11.4 Å². The molecule has 2 heterocycles. The molecular formula is C13H15N3O5. The largest absolute Gasteiger partial charge is 0.480 e. The van der Waals surface area contributed by atoms with Gasteiger partial charge in [-0.05, 0) is 13.0 Å². The number of amides is 1. The van der Waals surface area contributed by atoms with Gasteiger partial charge in [0.2, 0.25) is 17.6 Å². The van der Waals surface area contributed by atoms with Crippen LogP contribution in [0.1, 0.15) is 19.2 Å². The van der Waals surface area contributed by atoms with Crippen LogP contribution >= 0.6 is 0 Å². The molecule has 0 saturated carbocycles. The molecule has 8 nitrogen and oxygen atoms in total. The third-order valence-corrected chi connectivity index (χ3v) is 3.13. The van der Waals surface area contributed by atoms with Crippen molar-refractivity contribution in [3.05, 3.63) is 24.5 Å². The van der Waals surface area contributed by atoms with Crippen molar-refractivity contribution in [1.29, 1.82) is 0 Å². The van der Waals surface area contributed by atoms with Gasteiger partial charge in [-0.2, -0.15) is 4.98 Å². The Balaban J connectivity index is 1.91. The summed E-state index contributed by atoms with van der Waals surface area (Å²) in [4.78, 5) is 28.0. The quantitative estimate of drug-likeness (QED) is 0.851. The number of nitrogens with zero attached hydrogens (tertiary/aromatic N) is 3. The van der Waals surface area contributed by atoms with Crippen LogP contribution in [-0.2, 0) is 16.0 Å². The van der Waals surface area contributed by atoms with Gasteiger partial charge in [-0.1, -0.05) is 5.16 Å². The van der Waals surface area contributed by atoms with Crippen LogP contribution in [0.2, 0.25) is 0 Å². The third kappa shape index (κ3) is 3.47. The maximum absolute atomic E-state index is 11.9. The van der Waals surface area contributed by atoms with E-state index in [1.165, 1.54) is 31.4 Å². The summed E-state index contributed by atoms with van der Waals surface area (Å²) < 4.78 is 9.96. The Kier molecular flexibility index (Phi) is 4.36. The van der Waals surface area contributed by atoms with Gasteiger partial charge < -0.3 is 18.9 Å². The van der Waals surface area contributed by atoms with E-state index in [2.05, 4.69) is 10.1 Å². The molecule has 0 spiro atoms. The Hall–Kier alpha value is -2.64. The van der Waals surface area contributed by atoms with Crippen molar-refractivity contribution in [2.75, 3.05) is 7.05 Å². The van der Waals surface area contributed by atoms with Crippen LogP contribution in [0.15, 0.2) is 27.5 Å². The zero-order valence-corrected chi connectivity index (χ0v) is 11.6. The average Bonchev–Trinajstić information content (AvgIpc) is 3.13. The molecule has 2 rings (SSSR count). The molecule has 1 N–H and O–H groups in total. The summed E-state index contributed by atoms with van der Waals surface area (Å²) in [5, 5.41) is 12.6. The lowest BCUT2D eigenvalue weighted by molar-refractivity contribution is -0.148. The summed E-state index contributed by atoms with van der Waals surface area (Å²) in [5.74, 6) is -0.645. The first-order valence-electron chi connectivity index (χ1n) is 6.32. The monoisotopic (exact) mass is 293 g/mol. The molecule has 0 bridgehead atoms. The normalized spacial score (nSPS) is 12.1. The zero-order chi connectivity index (χ0) is 15.4. The number of likely N-dealkylation sites (N-methyl/N-ethyl adjacent to an activating group) is 1. The van der Waals surface area contributed by atoms with Gasteiger partial charge in [-0.15, -0.1) is 0 Å². The van der Waals surface area contributed by atoms with Gasteiger partial charge in [0.05, 0.1) is 11.8 Å². The van der Waals surface area contributed by atoms with Crippen molar-refractivity contribution in [2.45, 2.75) is 25.8 Å². The van der Waals surface area contributed by atoms with Crippen molar-refractivity contribution >= 4 is 11.9 Å². The zero-order valence-electron chi connectivity index (χ0n) is 11.6. The predicted molar refractivity (Wildman–Crippen MR) is 70.2 cm³/mol. The minimum atomic E-state index is -1.05. The van der Waals surface area contributed by atoms with Crippen LogP contribution in [0.3, 0.4) is 0 Å². The highest BCUT2D eigenvalue weighted by Crippen LogP contribution is 2.16. The molecule has 8 heteroatoms. The van der Waals surface area contributed by atoms with Crippen LogP contribution < -0.4 is 0 Å². The van der Waals surface area contributed by atoms with Gasteiger partial charge in [0.15, 0.2) is 0 Å². The SMILES string of the molecule is CC(C(=O)O)N(C)C(=O)CCc1nc(-c2ccoc2)no1. The lowest BCUT2D eigenvalue weighted by Crippen LogP contribution is -2.40. The second-order valence-electron chi connectivity index (χ2n) is 4.54. The van der Waals surface area contributed by atoms with Gasteiger partial charge >= 0.3 is 5.97 Å². The molecule has 21 heavy (non-hydrogen) atoms. The summed E-state index contributed by atoms with van der Waals surface area (Å²) in [7, 11) is 1.45. The van der Waals surface area contributed by atoms with Gasteiger partial charge in [-0.3, -0.25) is 4.79 Å². The number of aliphatic carboxylic acids is 1. The fourth-order valence-electron chi connectivity index (χ4n) is 1.64. The fraction of sp³-hybridized carbons (Fsp3) is 0.385. The Morgan fingerprint density at radius 3 is 2.86 bits per heavy atom. The molecule has 1 atom stereocenters. The van der Waals surface area contributed by atoms with Crippen molar-refractivity contribution in [1.82, 2.24) is 15.0 Å². The van der Waals surface area contributed by atoms with Crippen LogP contribution in [0.5, 0.6) is 0 Å². The van der Waals surface area contributed by atoms with Crippen LogP contribution in [0, 0.1) is 0 Å². The predicted octanol–water partition coefficient (Wildman–Crippen LogP) is 1.19. The van der Waals surface area contributed by atoms with Gasteiger partial charge in [0, 0.05) is 19.9 Å². The number of hydrogen-bond acceptors (Lipinski definition) is 6. The molecular weight excluding hydrogens is 278 g/mol. The molecule has 112 valence electrons. The molecule has 0 radical (unpaired) electrons. The molecule has 0 aliphatic carbocycles. The van der Waals surface area contributed by atoms with E-state index in [1.807, 2.05) is 0 Å². The van der Waals surface area contributed by atoms with E-state index in [-0.39, 0.29) is 18.7 Å². The van der Waals surface area contributed by atoms with E-state index < -0.39 is 12.0 Å². The van der Waals surface area contributed by atoms with Crippen molar-refractivity contribution in [3.63, 3.8) is 0 Å². The minimum Gasteiger partial charge on any atom is -0.480 e. The molecule has 2 aromatic rings. The number of hydrogen-bond donors (Lipinski definition) is 1. The fourth-order valence-corrected chi connectivity index (χ4v) is 1.64.